The van der Waals surface area contributed by atoms with Crippen LogP contribution in [-0.4, -0.2) is 20.9 Å². The third-order valence-electron chi connectivity index (χ3n) is 2.70. The van der Waals surface area contributed by atoms with Gasteiger partial charge in [-0.05, 0) is 25.1 Å². The van der Waals surface area contributed by atoms with Crippen LogP contribution >= 0.6 is 12.2 Å². The lowest BCUT2D eigenvalue weighted by Gasteiger charge is -2.06. The van der Waals surface area contributed by atoms with Gasteiger partial charge in [-0.1, -0.05) is 24.4 Å². The van der Waals surface area contributed by atoms with Gasteiger partial charge >= 0.3 is 0 Å². The minimum absolute atomic E-state index is 0.171. The SMILES string of the molecule is Cc1nccc(CNC(=O)c2ccc(C(N)=S)cc2)n1. The van der Waals surface area contributed by atoms with Gasteiger partial charge in [-0.15, -0.1) is 0 Å². The molecule has 1 aromatic carbocycles. The van der Waals surface area contributed by atoms with E-state index in [9.17, 15) is 4.79 Å². The van der Waals surface area contributed by atoms with Gasteiger partial charge in [-0.25, -0.2) is 9.97 Å². The molecular weight excluding hydrogens is 272 g/mol. The summed E-state index contributed by atoms with van der Waals surface area (Å²) in [5, 5.41) is 2.80. The zero-order chi connectivity index (χ0) is 14.5. The molecule has 0 bridgehead atoms. The molecule has 0 unspecified atom stereocenters. The summed E-state index contributed by atoms with van der Waals surface area (Å²) in [5.74, 6) is 0.508. The second-order valence-electron chi connectivity index (χ2n) is 4.22. The molecule has 6 heteroatoms. The first-order chi connectivity index (χ1) is 9.56. The van der Waals surface area contributed by atoms with Crippen LogP contribution in [0.3, 0.4) is 0 Å². The van der Waals surface area contributed by atoms with Crippen molar-refractivity contribution in [2.24, 2.45) is 5.73 Å². The van der Waals surface area contributed by atoms with Gasteiger partial charge in [-0.3, -0.25) is 4.79 Å². The van der Waals surface area contributed by atoms with Crippen LogP contribution in [0.4, 0.5) is 0 Å². The van der Waals surface area contributed by atoms with Crippen molar-refractivity contribution in [3.63, 3.8) is 0 Å². The van der Waals surface area contributed by atoms with Crippen molar-refractivity contribution in [2.75, 3.05) is 0 Å². The molecule has 0 aliphatic carbocycles. The quantitative estimate of drug-likeness (QED) is 0.829. The number of aryl methyl sites for hydroxylation is 1. The topological polar surface area (TPSA) is 80.9 Å². The molecule has 2 rings (SSSR count). The lowest BCUT2D eigenvalue weighted by Crippen LogP contribution is -2.23. The number of nitrogens with zero attached hydrogens (tertiary/aromatic N) is 2. The zero-order valence-electron chi connectivity index (χ0n) is 11.0. The summed E-state index contributed by atoms with van der Waals surface area (Å²) in [6.07, 6.45) is 1.67. The van der Waals surface area contributed by atoms with Gasteiger partial charge in [0.25, 0.3) is 5.91 Å². The molecule has 5 nitrogen and oxygen atoms in total. The molecule has 0 saturated heterocycles. The molecule has 0 fully saturated rings. The molecule has 0 aliphatic rings. The molecule has 1 amide bonds. The van der Waals surface area contributed by atoms with Crippen molar-refractivity contribution in [3.05, 3.63) is 59.2 Å². The van der Waals surface area contributed by atoms with Crippen molar-refractivity contribution < 1.29 is 4.79 Å². The molecule has 1 heterocycles. The molecule has 102 valence electrons. The highest BCUT2D eigenvalue weighted by Crippen LogP contribution is 2.05. The first-order valence-corrected chi connectivity index (χ1v) is 6.43. The fraction of sp³-hybridized carbons (Fsp3) is 0.143. The third kappa shape index (κ3) is 3.58. The molecule has 20 heavy (non-hydrogen) atoms. The number of nitrogens with one attached hydrogen (secondary N) is 1. The Hall–Kier alpha value is -2.34. The summed E-state index contributed by atoms with van der Waals surface area (Å²) in [6, 6.07) is 8.60. The summed E-state index contributed by atoms with van der Waals surface area (Å²) in [7, 11) is 0. The van der Waals surface area contributed by atoms with Crippen molar-refractivity contribution in [1.29, 1.82) is 0 Å². The van der Waals surface area contributed by atoms with Crippen LogP contribution < -0.4 is 11.1 Å². The average Bonchev–Trinajstić information content (AvgIpc) is 2.45. The lowest BCUT2D eigenvalue weighted by atomic mass is 10.1. The fourth-order valence-electron chi connectivity index (χ4n) is 1.66. The van der Waals surface area contributed by atoms with E-state index >= 15 is 0 Å². The smallest absolute Gasteiger partial charge is 0.251 e. The molecule has 0 atom stereocenters. The number of rotatable bonds is 4. The summed E-state index contributed by atoms with van der Waals surface area (Å²) >= 11 is 4.86. The van der Waals surface area contributed by atoms with Crippen LogP contribution in [0.15, 0.2) is 36.5 Å². The van der Waals surface area contributed by atoms with Gasteiger partial charge in [-0.2, -0.15) is 0 Å². The molecule has 1 aromatic heterocycles. The minimum atomic E-state index is -0.171. The molecule has 3 N–H and O–H groups in total. The van der Waals surface area contributed by atoms with Gasteiger partial charge in [0, 0.05) is 17.3 Å². The first-order valence-electron chi connectivity index (χ1n) is 6.03. The molecule has 0 radical (unpaired) electrons. The van der Waals surface area contributed by atoms with Crippen LogP contribution in [0.2, 0.25) is 0 Å². The Morgan fingerprint density at radius 3 is 2.50 bits per heavy atom. The van der Waals surface area contributed by atoms with E-state index in [0.29, 0.717) is 22.9 Å². The van der Waals surface area contributed by atoms with Gasteiger partial charge in [0.1, 0.15) is 10.8 Å². The number of carbonyl (C=O) groups is 1. The Balaban J connectivity index is 1.99. The lowest BCUT2D eigenvalue weighted by molar-refractivity contribution is 0.0950. The molecule has 2 aromatic rings. The minimum Gasteiger partial charge on any atom is -0.389 e. The Labute approximate surface area is 122 Å². The van der Waals surface area contributed by atoms with Gasteiger partial charge in [0.2, 0.25) is 0 Å². The maximum Gasteiger partial charge on any atom is 0.251 e. The predicted octanol–water partition coefficient (Wildman–Crippen LogP) is 1.35. The average molecular weight is 286 g/mol. The molecule has 0 aliphatic heterocycles. The van der Waals surface area contributed by atoms with Crippen LogP contribution in [0.5, 0.6) is 0 Å². The number of benzene rings is 1. The second kappa shape index (κ2) is 6.21. The number of nitrogens with two attached hydrogens (primary N) is 1. The van der Waals surface area contributed by atoms with E-state index in [4.69, 9.17) is 18.0 Å². The number of thiocarbonyl (C=S) groups is 1. The Kier molecular flexibility index (Phi) is 4.37. The molecule has 0 saturated carbocycles. The van der Waals surface area contributed by atoms with Gasteiger partial charge in [0.05, 0.1) is 12.2 Å². The maximum absolute atomic E-state index is 12.0. The summed E-state index contributed by atoms with van der Waals surface area (Å²) < 4.78 is 0. The Morgan fingerprint density at radius 2 is 1.90 bits per heavy atom. The van der Waals surface area contributed by atoms with E-state index in [0.717, 1.165) is 11.3 Å². The summed E-state index contributed by atoms with van der Waals surface area (Å²) in [4.78, 5) is 20.5. The standard InChI is InChI=1S/C14H14N4OS/c1-9-16-7-6-12(18-9)8-17-14(19)11-4-2-10(3-5-11)13(15)20/h2-7H,8H2,1H3,(H2,15,20)(H,17,19). The highest BCUT2D eigenvalue weighted by molar-refractivity contribution is 7.80. The van der Waals surface area contributed by atoms with E-state index in [1.54, 1.807) is 43.5 Å². The molecule has 0 spiro atoms. The highest BCUT2D eigenvalue weighted by atomic mass is 32.1. The predicted molar refractivity (Wildman–Crippen MR) is 80.3 cm³/mol. The fourth-order valence-corrected chi connectivity index (χ4v) is 1.80. The van der Waals surface area contributed by atoms with Crippen LogP contribution in [-0.2, 0) is 6.54 Å². The van der Waals surface area contributed by atoms with E-state index < -0.39 is 0 Å². The number of aromatic nitrogens is 2. The van der Waals surface area contributed by atoms with Crippen molar-refractivity contribution in [3.8, 4) is 0 Å². The monoisotopic (exact) mass is 286 g/mol. The Morgan fingerprint density at radius 1 is 1.25 bits per heavy atom. The van der Waals surface area contributed by atoms with Crippen molar-refractivity contribution in [1.82, 2.24) is 15.3 Å². The van der Waals surface area contributed by atoms with E-state index in [1.807, 2.05) is 0 Å². The zero-order valence-corrected chi connectivity index (χ0v) is 11.8. The number of hydrogen-bond acceptors (Lipinski definition) is 4. The summed E-state index contributed by atoms with van der Waals surface area (Å²) in [5.41, 5.74) is 7.57. The van der Waals surface area contributed by atoms with Gasteiger partial charge < -0.3 is 11.1 Å². The molecular formula is C14H14N4OS. The largest absolute Gasteiger partial charge is 0.389 e. The van der Waals surface area contributed by atoms with E-state index in [-0.39, 0.29) is 5.91 Å². The Bertz CT molecular complexity index is 640. The number of carbonyl (C=O) groups excluding carboxylic acids is 1. The highest BCUT2D eigenvalue weighted by Gasteiger charge is 2.06. The maximum atomic E-state index is 12.0. The van der Waals surface area contributed by atoms with Crippen LogP contribution in [0, 0.1) is 6.92 Å². The first kappa shape index (κ1) is 14.1. The number of hydrogen-bond donors (Lipinski definition) is 2. The normalized spacial score (nSPS) is 10.1. The van der Waals surface area contributed by atoms with Crippen LogP contribution in [0.25, 0.3) is 0 Å². The summed E-state index contributed by atoms with van der Waals surface area (Å²) in [6.45, 7) is 2.17. The van der Waals surface area contributed by atoms with Gasteiger partial charge in [0.15, 0.2) is 0 Å². The third-order valence-corrected chi connectivity index (χ3v) is 2.93. The van der Waals surface area contributed by atoms with E-state index in [2.05, 4.69) is 15.3 Å². The van der Waals surface area contributed by atoms with Crippen molar-refractivity contribution >= 4 is 23.1 Å². The van der Waals surface area contributed by atoms with Crippen molar-refractivity contribution in [2.45, 2.75) is 13.5 Å². The second-order valence-corrected chi connectivity index (χ2v) is 4.66. The number of amides is 1. The van der Waals surface area contributed by atoms with Crippen LogP contribution in [0.1, 0.15) is 27.4 Å². The van der Waals surface area contributed by atoms with E-state index in [1.165, 1.54) is 0 Å².